The van der Waals surface area contributed by atoms with Crippen LogP contribution >= 0.6 is 11.9 Å². The van der Waals surface area contributed by atoms with Gasteiger partial charge in [0, 0.05) is 29.0 Å². The first-order chi connectivity index (χ1) is 22.3. The van der Waals surface area contributed by atoms with Gasteiger partial charge in [-0.3, -0.25) is 0 Å². The monoisotopic (exact) mass is 641 g/mol. The molecule has 0 atom stereocenters. The zero-order chi connectivity index (χ0) is 32.4. The van der Waals surface area contributed by atoms with Crippen molar-refractivity contribution in [2.24, 2.45) is 0 Å². The molecule has 46 heavy (non-hydrogen) atoms. The molecule has 0 fully saturated rings. The number of ether oxygens (including phenoxy) is 2. The zero-order valence-electron chi connectivity index (χ0n) is 25.4. The maximum absolute atomic E-state index is 12.7. The van der Waals surface area contributed by atoms with Gasteiger partial charge in [-0.15, -0.1) is 13.2 Å². The van der Waals surface area contributed by atoms with Gasteiger partial charge >= 0.3 is 6.36 Å². The number of carbonyl (C=O) groups is 1. The zero-order valence-corrected chi connectivity index (χ0v) is 26.2. The highest BCUT2D eigenvalue weighted by molar-refractivity contribution is 7.97. The maximum Gasteiger partial charge on any atom is 0.573 e. The summed E-state index contributed by atoms with van der Waals surface area (Å²) in [5, 5.41) is 0. The van der Waals surface area contributed by atoms with Gasteiger partial charge in [-0.25, -0.2) is 4.31 Å². The lowest BCUT2D eigenvalue weighted by molar-refractivity contribution is -0.274. The van der Waals surface area contributed by atoms with Gasteiger partial charge in [-0.05, 0) is 70.5 Å². The number of allylic oxidation sites excluding steroid dienone is 4. The van der Waals surface area contributed by atoms with Gasteiger partial charge in [0.15, 0.2) is 0 Å². The number of benzene rings is 4. The first kappa shape index (κ1) is 32.9. The Morgan fingerprint density at radius 1 is 0.870 bits per heavy atom. The van der Waals surface area contributed by atoms with Gasteiger partial charge < -0.3 is 14.3 Å². The Morgan fingerprint density at radius 3 is 2.22 bits per heavy atom. The molecule has 0 amide bonds. The number of carbonyl (C=O) groups excluding carboxylic acids is 1. The van der Waals surface area contributed by atoms with Crippen molar-refractivity contribution in [1.82, 2.24) is 4.31 Å². The van der Waals surface area contributed by atoms with Crippen LogP contribution < -0.4 is 4.74 Å². The molecule has 1 heterocycles. The summed E-state index contributed by atoms with van der Waals surface area (Å²) in [7, 11) is 0. The van der Waals surface area contributed by atoms with E-state index in [-0.39, 0.29) is 18.8 Å². The normalized spacial score (nSPS) is 14.3. The number of nitrogens with zero attached hydrogens (tertiary/aromatic N) is 1. The average molecular weight is 642 g/mol. The molecule has 1 aliphatic heterocycles. The molecule has 4 nitrogen and oxygen atoms in total. The third kappa shape index (κ3) is 9.25. The van der Waals surface area contributed by atoms with Crippen LogP contribution in [0.4, 0.5) is 13.2 Å². The molecule has 4 aromatic rings. The molecular formula is C38H34F3NO3S. The van der Waals surface area contributed by atoms with Gasteiger partial charge in [0.1, 0.15) is 24.4 Å². The summed E-state index contributed by atoms with van der Waals surface area (Å²) in [6.07, 6.45) is 4.06. The predicted octanol–water partition coefficient (Wildman–Crippen LogP) is 9.84. The molecule has 0 saturated carbocycles. The summed E-state index contributed by atoms with van der Waals surface area (Å²) in [5.41, 5.74) is 7.29. The Hall–Kier alpha value is -4.53. The summed E-state index contributed by atoms with van der Waals surface area (Å²) in [6.45, 7) is 3.02. The Labute approximate surface area is 272 Å². The van der Waals surface area contributed by atoms with Crippen LogP contribution in [-0.2, 0) is 22.5 Å². The van der Waals surface area contributed by atoms with Crippen molar-refractivity contribution in [3.63, 3.8) is 0 Å². The maximum atomic E-state index is 12.7. The highest BCUT2D eigenvalue weighted by Crippen LogP contribution is 2.37. The summed E-state index contributed by atoms with van der Waals surface area (Å²) in [6, 6.07) is 32.6. The largest absolute Gasteiger partial charge is 0.573 e. The summed E-state index contributed by atoms with van der Waals surface area (Å²) >= 11 is 1.37. The van der Waals surface area contributed by atoms with E-state index in [0.717, 1.165) is 57.6 Å². The topological polar surface area (TPSA) is 38.8 Å². The molecule has 236 valence electrons. The van der Waals surface area contributed by atoms with Crippen molar-refractivity contribution in [3.8, 4) is 16.9 Å². The molecular weight excluding hydrogens is 607 g/mol. The third-order valence-electron chi connectivity index (χ3n) is 7.24. The molecule has 1 aliphatic rings. The average Bonchev–Trinajstić information content (AvgIpc) is 3.43. The first-order valence-corrected chi connectivity index (χ1v) is 15.8. The van der Waals surface area contributed by atoms with Crippen LogP contribution in [0, 0.1) is 0 Å². The van der Waals surface area contributed by atoms with Gasteiger partial charge in [0.05, 0.1) is 6.54 Å². The van der Waals surface area contributed by atoms with Crippen molar-refractivity contribution in [3.05, 3.63) is 149 Å². The van der Waals surface area contributed by atoms with Crippen LogP contribution in [-0.4, -0.2) is 30.1 Å². The Morgan fingerprint density at radius 2 is 1.54 bits per heavy atom. The van der Waals surface area contributed by atoms with E-state index in [9.17, 15) is 18.0 Å². The van der Waals surface area contributed by atoms with E-state index in [1.165, 1.54) is 35.7 Å². The van der Waals surface area contributed by atoms with Crippen LogP contribution in [0.15, 0.2) is 138 Å². The minimum Gasteiger partial charge on any atom is -0.492 e. The minimum absolute atomic E-state index is 0.106. The quantitative estimate of drug-likeness (QED) is 0.107. The number of aldehydes is 1. The van der Waals surface area contributed by atoms with Crippen LogP contribution in [0.25, 0.3) is 16.7 Å². The predicted molar refractivity (Wildman–Crippen MR) is 178 cm³/mol. The molecule has 0 N–H and O–H groups in total. The summed E-state index contributed by atoms with van der Waals surface area (Å²) in [4.78, 5) is 12.3. The summed E-state index contributed by atoms with van der Waals surface area (Å²) in [5.74, 6) is 0.678. The minimum atomic E-state index is -4.77. The first-order valence-electron chi connectivity index (χ1n) is 15.0. The molecule has 5 rings (SSSR count). The van der Waals surface area contributed by atoms with Crippen molar-refractivity contribution in [2.75, 3.05) is 13.2 Å². The molecule has 0 spiro atoms. The summed E-state index contributed by atoms with van der Waals surface area (Å²) < 4.78 is 50.0. The number of hydrogen-bond donors (Lipinski definition) is 0. The van der Waals surface area contributed by atoms with E-state index in [0.29, 0.717) is 12.2 Å². The van der Waals surface area contributed by atoms with Crippen LogP contribution in [0.1, 0.15) is 30.0 Å². The van der Waals surface area contributed by atoms with Gasteiger partial charge in [-0.1, -0.05) is 104 Å². The van der Waals surface area contributed by atoms with Crippen LogP contribution in [0.3, 0.4) is 0 Å². The lowest BCUT2D eigenvalue weighted by atomic mass is 9.94. The van der Waals surface area contributed by atoms with E-state index in [1.807, 2.05) is 42.5 Å². The fourth-order valence-electron chi connectivity index (χ4n) is 5.16. The molecule has 0 unspecified atom stereocenters. The lowest BCUT2D eigenvalue weighted by Crippen LogP contribution is -2.19. The fourth-order valence-corrected chi connectivity index (χ4v) is 6.06. The molecule has 0 saturated heterocycles. The van der Waals surface area contributed by atoms with E-state index < -0.39 is 6.36 Å². The highest BCUT2D eigenvalue weighted by Gasteiger charge is 2.31. The Kier molecular flexibility index (Phi) is 11.2. The smallest absolute Gasteiger partial charge is 0.492 e. The second-order valence-corrected chi connectivity index (χ2v) is 11.8. The van der Waals surface area contributed by atoms with E-state index in [1.54, 1.807) is 10.4 Å². The number of hydrogen-bond acceptors (Lipinski definition) is 5. The molecule has 0 radical (unpaired) electrons. The van der Waals surface area contributed by atoms with E-state index >= 15 is 0 Å². The Balaban J connectivity index is 1.30. The van der Waals surface area contributed by atoms with Crippen molar-refractivity contribution < 1.29 is 27.4 Å². The van der Waals surface area contributed by atoms with Gasteiger partial charge in [0.25, 0.3) is 0 Å². The molecule has 8 heteroatoms. The van der Waals surface area contributed by atoms with Crippen molar-refractivity contribution in [2.45, 2.75) is 37.6 Å². The standard InChI is InChI=1S/C38H34F3NO3S/c1-2-3-5-12-33-27-44-36(25-28-9-6-4-7-10-28)37(33)32-16-14-30(15-17-32)31-18-20-35(21-19-31)46-42(22-23-43)26-29-11-8-13-34(24-29)45-38(39,40)41/h3-21,23-24H,2,22,25-27H2,1H3/b5-3-,33-12+. The fraction of sp³-hybridized carbons (Fsp3) is 0.184. The molecule has 4 aromatic carbocycles. The number of rotatable bonds is 13. The second kappa shape index (κ2) is 15.7. The molecule has 0 aliphatic carbocycles. The second-order valence-electron chi connectivity index (χ2n) is 10.7. The lowest BCUT2D eigenvalue weighted by Gasteiger charge is -2.19. The van der Waals surface area contributed by atoms with Crippen molar-refractivity contribution in [1.29, 1.82) is 0 Å². The van der Waals surface area contributed by atoms with Gasteiger partial charge in [-0.2, -0.15) is 0 Å². The van der Waals surface area contributed by atoms with E-state index in [4.69, 9.17) is 4.74 Å². The van der Waals surface area contributed by atoms with E-state index in [2.05, 4.69) is 66.3 Å². The van der Waals surface area contributed by atoms with Crippen LogP contribution in [0.5, 0.6) is 5.75 Å². The highest BCUT2D eigenvalue weighted by atomic mass is 32.2. The SMILES string of the molecule is CC/C=C\C=C1/COC(Cc2ccccc2)=C1c1ccc(-c2ccc(SN(CC=O)Cc3cccc(OC(F)(F)F)c3)cc2)cc1. The van der Waals surface area contributed by atoms with Gasteiger partial charge in [0.2, 0.25) is 0 Å². The number of alkyl halides is 3. The van der Waals surface area contributed by atoms with Crippen molar-refractivity contribution >= 4 is 23.8 Å². The molecule has 0 bridgehead atoms. The van der Waals surface area contributed by atoms with Crippen LogP contribution in [0.2, 0.25) is 0 Å². The Bertz CT molecular complexity index is 1700. The third-order valence-corrected chi connectivity index (χ3v) is 8.26. The molecule has 0 aromatic heterocycles. The number of halogens is 3.